The van der Waals surface area contributed by atoms with Gasteiger partial charge in [-0.2, -0.15) is 0 Å². The first kappa shape index (κ1) is 11.6. The van der Waals surface area contributed by atoms with Crippen LogP contribution in [0.3, 0.4) is 0 Å². The third-order valence-corrected chi connectivity index (χ3v) is 3.09. The van der Waals surface area contributed by atoms with Gasteiger partial charge in [-0.15, -0.1) is 10.2 Å². The van der Waals surface area contributed by atoms with E-state index in [1.807, 2.05) is 0 Å². The van der Waals surface area contributed by atoms with E-state index in [0.717, 1.165) is 43.6 Å². The molecule has 0 spiro atoms. The third kappa shape index (κ3) is 3.30. The molecule has 1 fully saturated rings. The van der Waals surface area contributed by atoms with Crippen molar-refractivity contribution in [2.75, 3.05) is 6.54 Å². The maximum absolute atomic E-state index is 5.61. The highest BCUT2D eigenvalue weighted by Crippen LogP contribution is 2.19. The summed E-state index contributed by atoms with van der Waals surface area (Å²) in [5, 5.41) is 11.6. The van der Waals surface area contributed by atoms with Crippen LogP contribution in [0.1, 0.15) is 57.2 Å². The molecule has 1 aliphatic rings. The zero-order valence-electron chi connectivity index (χ0n) is 10.2. The van der Waals surface area contributed by atoms with Crippen molar-refractivity contribution in [2.24, 2.45) is 0 Å². The van der Waals surface area contributed by atoms with Crippen molar-refractivity contribution in [1.29, 1.82) is 0 Å². The van der Waals surface area contributed by atoms with Gasteiger partial charge in [0.15, 0.2) is 0 Å². The standard InChI is InChI=1S/C12H21N3O/c1-3-9(2)12-15-14-11(16-12)5-4-8-13-10-6-7-10/h9-10,13H,3-8H2,1-2H3. The minimum atomic E-state index is 0.380. The Bertz CT molecular complexity index is 320. The molecule has 0 saturated heterocycles. The van der Waals surface area contributed by atoms with E-state index in [9.17, 15) is 0 Å². The van der Waals surface area contributed by atoms with Gasteiger partial charge in [-0.3, -0.25) is 0 Å². The fraction of sp³-hybridized carbons (Fsp3) is 0.833. The maximum Gasteiger partial charge on any atom is 0.219 e. The molecule has 16 heavy (non-hydrogen) atoms. The van der Waals surface area contributed by atoms with E-state index >= 15 is 0 Å². The SMILES string of the molecule is CCC(C)c1nnc(CCCNC2CC2)o1. The predicted molar refractivity (Wildman–Crippen MR) is 62.3 cm³/mol. The molecule has 90 valence electrons. The first-order chi connectivity index (χ1) is 7.79. The number of hydrogen-bond donors (Lipinski definition) is 1. The summed E-state index contributed by atoms with van der Waals surface area (Å²) in [6.45, 7) is 5.31. The molecule has 0 bridgehead atoms. The lowest BCUT2D eigenvalue weighted by molar-refractivity contribution is 0.414. The minimum Gasteiger partial charge on any atom is -0.425 e. The summed E-state index contributed by atoms with van der Waals surface area (Å²) in [5.74, 6) is 1.95. The first-order valence-electron chi connectivity index (χ1n) is 6.35. The van der Waals surface area contributed by atoms with Crippen LogP contribution in [-0.2, 0) is 6.42 Å². The summed E-state index contributed by atoms with van der Waals surface area (Å²) < 4.78 is 5.61. The molecule has 1 unspecified atom stereocenters. The number of nitrogens with zero attached hydrogens (tertiary/aromatic N) is 2. The monoisotopic (exact) mass is 223 g/mol. The average Bonchev–Trinajstić information content (AvgIpc) is 3.01. The van der Waals surface area contributed by atoms with Crippen molar-refractivity contribution >= 4 is 0 Å². The normalized spacial score (nSPS) is 17.6. The van der Waals surface area contributed by atoms with E-state index < -0.39 is 0 Å². The molecule has 1 aromatic rings. The predicted octanol–water partition coefficient (Wildman–Crippen LogP) is 2.27. The van der Waals surface area contributed by atoms with E-state index in [4.69, 9.17) is 4.42 Å². The molecule has 1 heterocycles. The summed E-state index contributed by atoms with van der Waals surface area (Å²) >= 11 is 0. The molecular formula is C12H21N3O. The Morgan fingerprint density at radius 3 is 2.94 bits per heavy atom. The molecule has 1 N–H and O–H groups in total. The fourth-order valence-corrected chi connectivity index (χ4v) is 1.57. The minimum absolute atomic E-state index is 0.380. The van der Waals surface area contributed by atoms with Crippen molar-refractivity contribution in [1.82, 2.24) is 15.5 Å². The summed E-state index contributed by atoms with van der Waals surface area (Å²) in [6.07, 6.45) is 5.71. The fourth-order valence-electron chi connectivity index (χ4n) is 1.57. The summed E-state index contributed by atoms with van der Waals surface area (Å²) in [7, 11) is 0. The highest BCUT2D eigenvalue weighted by atomic mass is 16.4. The van der Waals surface area contributed by atoms with Crippen LogP contribution in [0.25, 0.3) is 0 Å². The molecule has 2 rings (SSSR count). The van der Waals surface area contributed by atoms with Crippen LogP contribution in [0.5, 0.6) is 0 Å². The number of rotatable bonds is 7. The van der Waals surface area contributed by atoms with E-state index in [1.54, 1.807) is 0 Å². The van der Waals surface area contributed by atoms with Gasteiger partial charge in [0.2, 0.25) is 11.8 Å². The van der Waals surface area contributed by atoms with Crippen LogP contribution in [0.4, 0.5) is 0 Å². The molecule has 4 nitrogen and oxygen atoms in total. The molecule has 4 heteroatoms. The van der Waals surface area contributed by atoms with Gasteiger partial charge < -0.3 is 9.73 Å². The molecule has 1 saturated carbocycles. The maximum atomic E-state index is 5.61. The molecule has 1 atom stereocenters. The summed E-state index contributed by atoms with van der Waals surface area (Å²) in [6, 6.07) is 0.790. The molecule has 0 aliphatic heterocycles. The van der Waals surface area contributed by atoms with Crippen LogP contribution in [-0.4, -0.2) is 22.8 Å². The molecule has 1 aliphatic carbocycles. The zero-order valence-corrected chi connectivity index (χ0v) is 10.2. The quantitative estimate of drug-likeness (QED) is 0.720. The first-order valence-corrected chi connectivity index (χ1v) is 6.35. The van der Waals surface area contributed by atoms with Gasteiger partial charge in [-0.05, 0) is 32.2 Å². The van der Waals surface area contributed by atoms with E-state index in [2.05, 4.69) is 29.4 Å². The van der Waals surface area contributed by atoms with Gasteiger partial charge in [-0.25, -0.2) is 0 Å². The molecule has 0 aromatic carbocycles. The van der Waals surface area contributed by atoms with Gasteiger partial charge in [0, 0.05) is 18.4 Å². The van der Waals surface area contributed by atoms with Gasteiger partial charge in [0.05, 0.1) is 0 Å². The zero-order chi connectivity index (χ0) is 11.4. The average molecular weight is 223 g/mol. The van der Waals surface area contributed by atoms with E-state index in [-0.39, 0.29) is 0 Å². The summed E-state index contributed by atoms with van der Waals surface area (Å²) in [5.41, 5.74) is 0. The van der Waals surface area contributed by atoms with E-state index in [0.29, 0.717) is 5.92 Å². The Hall–Kier alpha value is -0.900. The van der Waals surface area contributed by atoms with Crippen molar-refractivity contribution in [3.05, 3.63) is 11.8 Å². The molecular weight excluding hydrogens is 202 g/mol. The number of hydrogen-bond acceptors (Lipinski definition) is 4. The van der Waals surface area contributed by atoms with Crippen LogP contribution >= 0.6 is 0 Å². The smallest absolute Gasteiger partial charge is 0.219 e. The lowest BCUT2D eigenvalue weighted by Gasteiger charge is -2.01. The van der Waals surface area contributed by atoms with Crippen LogP contribution in [0, 0.1) is 0 Å². The largest absolute Gasteiger partial charge is 0.425 e. The molecule has 0 amide bonds. The molecule has 0 radical (unpaired) electrons. The highest BCUT2D eigenvalue weighted by molar-refractivity contribution is 4.89. The van der Waals surface area contributed by atoms with Gasteiger partial charge >= 0.3 is 0 Å². The van der Waals surface area contributed by atoms with Crippen LogP contribution < -0.4 is 5.32 Å². The van der Waals surface area contributed by atoms with Crippen molar-refractivity contribution in [3.63, 3.8) is 0 Å². The Kier molecular flexibility index (Phi) is 3.93. The third-order valence-electron chi connectivity index (χ3n) is 3.09. The van der Waals surface area contributed by atoms with Crippen molar-refractivity contribution in [2.45, 2.75) is 57.9 Å². The Morgan fingerprint density at radius 2 is 2.25 bits per heavy atom. The van der Waals surface area contributed by atoms with Crippen LogP contribution in [0.15, 0.2) is 4.42 Å². The van der Waals surface area contributed by atoms with Gasteiger partial charge in [-0.1, -0.05) is 13.8 Å². The second kappa shape index (κ2) is 5.43. The van der Waals surface area contributed by atoms with Gasteiger partial charge in [0.25, 0.3) is 0 Å². The number of aromatic nitrogens is 2. The Labute approximate surface area is 96.8 Å². The topological polar surface area (TPSA) is 51.0 Å². The Balaban J connectivity index is 1.69. The van der Waals surface area contributed by atoms with Crippen molar-refractivity contribution in [3.8, 4) is 0 Å². The number of nitrogens with one attached hydrogen (secondary N) is 1. The van der Waals surface area contributed by atoms with E-state index in [1.165, 1.54) is 12.8 Å². The second-order valence-electron chi connectivity index (χ2n) is 4.68. The lowest BCUT2D eigenvalue weighted by Crippen LogP contribution is -2.17. The molecule has 1 aromatic heterocycles. The summed E-state index contributed by atoms with van der Waals surface area (Å²) in [4.78, 5) is 0. The van der Waals surface area contributed by atoms with Gasteiger partial charge in [0.1, 0.15) is 0 Å². The van der Waals surface area contributed by atoms with Crippen molar-refractivity contribution < 1.29 is 4.42 Å². The lowest BCUT2D eigenvalue weighted by atomic mass is 10.1. The van der Waals surface area contributed by atoms with Crippen LogP contribution in [0.2, 0.25) is 0 Å². The highest BCUT2D eigenvalue weighted by Gasteiger charge is 2.19. The second-order valence-corrected chi connectivity index (χ2v) is 4.68. The Morgan fingerprint density at radius 1 is 1.44 bits per heavy atom. The number of aryl methyl sites for hydroxylation is 1.